The number of benzene rings is 2. The molecule has 3 aromatic rings. The van der Waals surface area contributed by atoms with E-state index in [-0.39, 0.29) is 29.9 Å². The predicted octanol–water partition coefficient (Wildman–Crippen LogP) is 4.46. The van der Waals surface area contributed by atoms with Crippen LogP contribution in [0.15, 0.2) is 48.5 Å². The molecule has 5 N–H and O–H groups in total. The van der Waals surface area contributed by atoms with Crippen LogP contribution in [0.2, 0.25) is 5.02 Å². The molecule has 318 valence electrons. The lowest BCUT2D eigenvalue weighted by molar-refractivity contribution is -0.154. The minimum Gasteiger partial charge on any atom is -0.467 e. The Morgan fingerprint density at radius 2 is 1.59 bits per heavy atom. The molecule has 0 radical (unpaired) electrons. The number of amides is 4. The molecule has 2 heterocycles. The van der Waals surface area contributed by atoms with E-state index in [0.717, 1.165) is 19.1 Å². The fraction of sp³-hybridized carbons (Fsp3) is 0.474. The first-order valence-electron chi connectivity index (χ1n) is 18.6. The molecular formula is C38H45ClF3N9O8. The van der Waals surface area contributed by atoms with Gasteiger partial charge >= 0.3 is 36.1 Å². The summed E-state index contributed by atoms with van der Waals surface area (Å²) in [6.45, 7) is 4.17. The van der Waals surface area contributed by atoms with Crippen LogP contribution in [0, 0.1) is 5.92 Å². The lowest BCUT2D eigenvalue weighted by Gasteiger charge is -2.34. The van der Waals surface area contributed by atoms with Gasteiger partial charge in [-0.1, -0.05) is 23.7 Å². The first-order valence-corrected chi connectivity index (χ1v) is 19.0. The van der Waals surface area contributed by atoms with Gasteiger partial charge in [-0.2, -0.15) is 28.1 Å². The van der Waals surface area contributed by atoms with Gasteiger partial charge in [0.05, 0.1) is 12.6 Å². The Bertz CT molecular complexity index is 2000. The average Bonchev–Trinajstić information content (AvgIpc) is 3.97. The molecule has 2 fully saturated rings. The molecule has 21 heteroatoms. The summed E-state index contributed by atoms with van der Waals surface area (Å²) in [5.74, 6) is -3.96. The summed E-state index contributed by atoms with van der Waals surface area (Å²) in [6, 6.07) is 10.8. The Balaban J connectivity index is 1.16. The third kappa shape index (κ3) is 13.3. The zero-order valence-corrected chi connectivity index (χ0v) is 33.5. The third-order valence-electron chi connectivity index (χ3n) is 9.07. The van der Waals surface area contributed by atoms with Crippen LogP contribution in [0.4, 0.5) is 35.5 Å². The fourth-order valence-corrected chi connectivity index (χ4v) is 6.13. The number of aromatic nitrogens is 3. The number of hydrogen-bond acceptors (Lipinski definition) is 13. The van der Waals surface area contributed by atoms with E-state index in [1.54, 1.807) is 37.8 Å². The van der Waals surface area contributed by atoms with Crippen LogP contribution < -0.4 is 31.3 Å². The maximum absolute atomic E-state index is 13.1. The Morgan fingerprint density at radius 3 is 2.22 bits per heavy atom. The zero-order chi connectivity index (χ0) is 43.0. The number of likely N-dealkylation sites (tertiary alicyclic amines) is 1. The number of esters is 1. The summed E-state index contributed by atoms with van der Waals surface area (Å²) in [5.41, 5.74) is 0.0580. The number of rotatable bonds is 14. The van der Waals surface area contributed by atoms with Gasteiger partial charge in [0.15, 0.2) is 6.61 Å². The summed E-state index contributed by atoms with van der Waals surface area (Å²) >= 11 is 6.03. The standard InChI is InChI=1S/C38H45ClF3N9O8/c1-36(2,3)59-35(56)51-17-5-6-22(20-51)18-43-29(53)30(54)44-19-27(31(55)57-4)46-28(52)23-7-13-26(14-8-23)45-32-47-33(49-34(48-32)58-21-38(40,41)42)50-37(15-16-37)24-9-11-25(39)12-10-24/h7-14,22,27H,5-6,15-21H2,1-4H3,(H,43,53)(H,44,54)(H,46,52)(H2,45,47,48,49,50)/t22?,27-/m0/s1. The SMILES string of the molecule is COC(=O)[C@H](CNC(=O)C(=O)NCC1CCCN(C(=O)OC(C)(C)C)C1)NC(=O)c1ccc(Nc2nc(NC3(c4ccc(Cl)cc4)CC3)nc(OCC(F)(F)F)n2)cc1. The van der Waals surface area contributed by atoms with Crippen molar-refractivity contribution in [1.82, 2.24) is 35.8 Å². The van der Waals surface area contributed by atoms with E-state index in [0.29, 0.717) is 43.1 Å². The van der Waals surface area contributed by atoms with Crippen molar-refractivity contribution in [3.8, 4) is 6.01 Å². The molecule has 1 saturated heterocycles. The van der Waals surface area contributed by atoms with Gasteiger partial charge in [0.2, 0.25) is 11.9 Å². The highest BCUT2D eigenvalue weighted by Crippen LogP contribution is 2.48. The highest BCUT2D eigenvalue weighted by Gasteiger charge is 2.45. The van der Waals surface area contributed by atoms with Crippen molar-refractivity contribution in [2.24, 2.45) is 5.92 Å². The van der Waals surface area contributed by atoms with Crippen molar-refractivity contribution in [3.63, 3.8) is 0 Å². The van der Waals surface area contributed by atoms with Gasteiger partial charge in [0.25, 0.3) is 5.91 Å². The molecule has 1 unspecified atom stereocenters. The van der Waals surface area contributed by atoms with Crippen molar-refractivity contribution in [1.29, 1.82) is 0 Å². The molecule has 2 aliphatic rings. The largest absolute Gasteiger partial charge is 0.467 e. The number of nitrogens with one attached hydrogen (secondary N) is 5. The van der Waals surface area contributed by atoms with Gasteiger partial charge in [0.1, 0.15) is 11.6 Å². The van der Waals surface area contributed by atoms with E-state index in [4.69, 9.17) is 25.8 Å². The molecule has 0 spiro atoms. The third-order valence-corrected chi connectivity index (χ3v) is 9.32. The van der Waals surface area contributed by atoms with E-state index in [9.17, 15) is 37.1 Å². The van der Waals surface area contributed by atoms with Gasteiger partial charge < -0.3 is 45.7 Å². The summed E-state index contributed by atoms with van der Waals surface area (Å²) in [6.07, 6.45) is -2.29. The van der Waals surface area contributed by atoms with Crippen LogP contribution >= 0.6 is 11.6 Å². The van der Waals surface area contributed by atoms with Crippen LogP contribution in [0.1, 0.15) is 62.4 Å². The number of methoxy groups -OCH3 is 1. The molecule has 2 atom stereocenters. The van der Waals surface area contributed by atoms with E-state index in [1.807, 2.05) is 12.1 Å². The maximum Gasteiger partial charge on any atom is 0.422 e. The molecule has 1 saturated carbocycles. The molecule has 0 bridgehead atoms. The molecule has 17 nitrogen and oxygen atoms in total. The van der Waals surface area contributed by atoms with E-state index >= 15 is 0 Å². The van der Waals surface area contributed by atoms with Crippen molar-refractivity contribution < 1.29 is 51.4 Å². The molecule has 2 aromatic carbocycles. The molecule has 59 heavy (non-hydrogen) atoms. The number of carbonyl (C=O) groups is 5. The number of hydrogen-bond donors (Lipinski definition) is 5. The minimum absolute atomic E-state index is 0.0441. The number of nitrogens with zero attached hydrogens (tertiary/aromatic N) is 4. The smallest absolute Gasteiger partial charge is 0.422 e. The number of carbonyl (C=O) groups excluding carboxylic acids is 5. The number of halogens is 4. The molecule has 1 aromatic heterocycles. The number of anilines is 3. The zero-order valence-electron chi connectivity index (χ0n) is 32.7. The van der Waals surface area contributed by atoms with Crippen LogP contribution in [0.5, 0.6) is 6.01 Å². The highest BCUT2D eigenvalue weighted by atomic mass is 35.5. The van der Waals surface area contributed by atoms with E-state index in [1.165, 1.54) is 24.3 Å². The lowest BCUT2D eigenvalue weighted by Crippen LogP contribution is -2.52. The van der Waals surface area contributed by atoms with E-state index < -0.39 is 72.3 Å². The van der Waals surface area contributed by atoms with Crippen LogP contribution in [-0.4, -0.2) is 107 Å². The molecule has 1 aliphatic heterocycles. The van der Waals surface area contributed by atoms with Gasteiger partial charge in [-0.3, -0.25) is 14.4 Å². The van der Waals surface area contributed by atoms with Crippen molar-refractivity contribution in [2.45, 2.75) is 69.8 Å². The van der Waals surface area contributed by atoms with Gasteiger partial charge in [-0.15, -0.1) is 0 Å². The number of piperidine rings is 1. The average molecular weight is 848 g/mol. The summed E-state index contributed by atoms with van der Waals surface area (Å²) < 4.78 is 54.0. The second-order valence-electron chi connectivity index (χ2n) is 15.0. The lowest BCUT2D eigenvalue weighted by atomic mass is 9.98. The van der Waals surface area contributed by atoms with Crippen LogP contribution in [0.25, 0.3) is 0 Å². The Labute approximate surface area is 342 Å². The number of alkyl halides is 3. The molecule has 4 amide bonds. The predicted molar refractivity (Wildman–Crippen MR) is 207 cm³/mol. The van der Waals surface area contributed by atoms with Gasteiger partial charge in [-0.05, 0) is 94.3 Å². The van der Waals surface area contributed by atoms with Crippen molar-refractivity contribution in [2.75, 3.05) is 50.5 Å². The Kier molecular flexibility index (Phi) is 14.1. The second kappa shape index (κ2) is 18.8. The summed E-state index contributed by atoms with van der Waals surface area (Å²) in [5, 5.41) is 13.9. The molecular weight excluding hydrogens is 803 g/mol. The maximum atomic E-state index is 13.1. The van der Waals surface area contributed by atoms with Gasteiger partial charge in [-0.25, -0.2) is 9.59 Å². The fourth-order valence-electron chi connectivity index (χ4n) is 6.00. The normalized spacial score (nSPS) is 16.5. The second-order valence-corrected chi connectivity index (χ2v) is 15.4. The van der Waals surface area contributed by atoms with Crippen LogP contribution in [0.3, 0.4) is 0 Å². The highest BCUT2D eigenvalue weighted by molar-refractivity contribution is 6.35. The van der Waals surface area contributed by atoms with Crippen molar-refractivity contribution in [3.05, 3.63) is 64.7 Å². The minimum atomic E-state index is -4.65. The Hall–Kier alpha value is -5.92. The van der Waals surface area contributed by atoms with Crippen molar-refractivity contribution >= 4 is 59.0 Å². The quantitative estimate of drug-likeness (QED) is 0.112. The topological polar surface area (TPSA) is 215 Å². The van der Waals surface area contributed by atoms with E-state index in [2.05, 4.69) is 41.5 Å². The molecule has 1 aliphatic carbocycles. The van der Waals surface area contributed by atoms with Crippen LogP contribution in [-0.2, 0) is 29.4 Å². The van der Waals surface area contributed by atoms with Gasteiger partial charge in [0, 0.05) is 42.5 Å². The summed E-state index contributed by atoms with van der Waals surface area (Å²) in [7, 11) is 1.09. The first-order chi connectivity index (χ1) is 27.8. The molecule has 5 rings (SSSR count). The first kappa shape index (κ1) is 44.2. The number of ether oxygens (including phenoxy) is 3. The Morgan fingerprint density at radius 1 is 0.932 bits per heavy atom. The monoisotopic (exact) mass is 847 g/mol. The summed E-state index contributed by atoms with van der Waals surface area (Å²) in [4.78, 5) is 77.2.